The molecule has 0 aliphatic rings. The van der Waals surface area contributed by atoms with Gasteiger partial charge < -0.3 is 14.3 Å². The summed E-state index contributed by atoms with van der Waals surface area (Å²) >= 11 is 0. The topological polar surface area (TPSA) is 59.7 Å². The van der Waals surface area contributed by atoms with Gasteiger partial charge in [-0.3, -0.25) is 0 Å². The molecule has 3 rings (SSSR count). The lowest BCUT2D eigenvalue weighted by Gasteiger charge is -2.07. The summed E-state index contributed by atoms with van der Waals surface area (Å²) in [6, 6.07) is 8.53. The van der Waals surface area contributed by atoms with E-state index in [1.807, 2.05) is 0 Å². The van der Waals surface area contributed by atoms with E-state index in [9.17, 15) is 9.90 Å². The predicted octanol–water partition coefficient (Wildman–Crippen LogP) is 2.97. The summed E-state index contributed by atoms with van der Waals surface area (Å²) in [6.07, 6.45) is 0. The van der Waals surface area contributed by atoms with Gasteiger partial charge in [0, 0.05) is 16.3 Å². The van der Waals surface area contributed by atoms with Crippen molar-refractivity contribution in [3.63, 3.8) is 0 Å². The fourth-order valence-corrected chi connectivity index (χ4v) is 2.22. The van der Waals surface area contributed by atoms with Crippen LogP contribution in [-0.4, -0.2) is 12.2 Å². The van der Waals surface area contributed by atoms with E-state index in [0.29, 0.717) is 22.3 Å². The molecule has 4 nitrogen and oxygen atoms in total. The summed E-state index contributed by atoms with van der Waals surface area (Å²) in [7, 11) is 1.58. The van der Waals surface area contributed by atoms with Crippen LogP contribution >= 0.6 is 0 Å². The molecular formula is C15H12O4. The van der Waals surface area contributed by atoms with Crippen LogP contribution in [-0.2, 0) is 0 Å². The quantitative estimate of drug-likeness (QED) is 0.537. The molecule has 0 bridgehead atoms. The molecule has 0 unspecified atom stereocenters. The molecule has 4 heteroatoms. The molecule has 0 aliphatic carbocycles. The van der Waals surface area contributed by atoms with Gasteiger partial charge in [0.1, 0.15) is 17.1 Å². The van der Waals surface area contributed by atoms with E-state index in [1.165, 1.54) is 0 Å². The second-order valence-corrected chi connectivity index (χ2v) is 4.39. The van der Waals surface area contributed by atoms with E-state index in [2.05, 4.69) is 0 Å². The second kappa shape index (κ2) is 4.02. The van der Waals surface area contributed by atoms with Crippen molar-refractivity contribution >= 4 is 21.7 Å². The smallest absolute Gasteiger partial charge is 0.344 e. The molecule has 19 heavy (non-hydrogen) atoms. The van der Waals surface area contributed by atoms with E-state index < -0.39 is 5.63 Å². The second-order valence-electron chi connectivity index (χ2n) is 4.39. The van der Waals surface area contributed by atoms with Crippen molar-refractivity contribution in [2.45, 2.75) is 6.92 Å². The summed E-state index contributed by atoms with van der Waals surface area (Å²) in [5, 5.41) is 11.7. The van der Waals surface area contributed by atoms with Crippen molar-refractivity contribution in [3.8, 4) is 11.5 Å². The number of phenolic OH excluding ortho intramolecular Hbond substituents is 1. The van der Waals surface area contributed by atoms with Crippen molar-refractivity contribution < 1.29 is 14.3 Å². The van der Waals surface area contributed by atoms with Crippen LogP contribution in [0.5, 0.6) is 11.5 Å². The highest BCUT2D eigenvalue weighted by Crippen LogP contribution is 2.31. The molecule has 0 spiro atoms. The highest BCUT2D eigenvalue weighted by Gasteiger charge is 2.12. The van der Waals surface area contributed by atoms with Crippen molar-refractivity contribution in [2.24, 2.45) is 0 Å². The fourth-order valence-electron chi connectivity index (χ4n) is 2.22. The number of methoxy groups -OCH3 is 1. The number of hydrogen-bond donors (Lipinski definition) is 1. The Morgan fingerprint density at radius 3 is 2.58 bits per heavy atom. The van der Waals surface area contributed by atoms with E-state index in [1.54, 1.807) is 44.4 Å². The van der Waals surface area contributed by atoms with Gasteiger partial charge >= 0.3 is 5.63 Å². The van der Waals surface area contributed by atoms with E-state index in [0.717, 1.165) is 10.8 Å². The van der Waals surface area contributed by atoms with Crippen LogP contribution < -0.4 is 10.4 Å². The van der Waals surface area contributed by atoms with Crippen LogP contribution in [0.3, 0.4) is 0 Å². The zero-order chi connectivity index (χ0) is 13.6. The van der Waals surface area contributed by atoms with Gasteiger partial charge in [0.25, 0.3) is 0 Å². The van der Waals surface area contributed by atoms with Crippen LogP contribution in [0, 0.1) is 6.92 Å². The summed E-state index contributed by atoms with van der Waals surface area (Å²) in [5.41, 5.74) is 0.545. The van der Waals surface area contributed by atoms with Crippen molar-refractivity contribution in [2.75, 3.05) is 7.11 Å². The molecular weight excluding hydrogens is 244 g/mol. The predicted molar refractivity (Wildman–Crippen MR) is 72.9 cm³/mol. The molecule has 0 aliphatic heterocycles. The minimum atomic E-state index is -0.418. The van der Waals surface area contributed by atoms with Gasteiger partial charge in [-0.25, -0.2) is 4.79 Å². The SMILES string of the molecule is COc1ccc2c(=O)oc3c(C)c(O)ccc3c2c1. The molecule has 1 N–H and O–H groups in total. The minimum Gasteiger partial charge on any atom is -0.508 e. The largest absolute Gasteiger partial charge is 0.508 e. The van der Waals surface area contributed by atoms with Crippen molar-refractivity contribution in [1.82, 2.24) is 0 Å². The number of aromatic hydroxyl groups is 1. The zero-order valence-electron chi connectivity index (χ0n) is 10.6. The lowest BCUT2D eigenvalue weighted by atomic mass is 10.0. The van der Waals surface area contributed by atoms with Crippen LogP contribution in [0.2, 0.25) is 0 Å². The van der Waals surface area contributed by atoms with Crippen LogP contribution in [0.4, 0.5) is 0 Å². The molecule has 0 saturated heterocycles. The van der Waals surface area contributed by atoms with Gasteiger partial charge in [-0.05, 0) is 37.3 Å². The number of hydrogen-bond acceptors (Lipinski definition) is 4. The molecule has 0 atom stereocenters. The third kappa shape index (κ3) is 1.64. The Morgan fingerprint density at radius 1 is 1.11 bits per heavy atom. The zero-order valence-corrected chi connectivity index (χ0v) is 10.6. The lowest BCUT2D eigenvalue weighted by Crippen LogP contribution is -2.00. The number of benzene rings is 2. The van der Waals surface area contributed by atoms with Gasteiger partial charge in [-0.2, -0.15) is 0 Å². The standard InChI is InChI=1S/C15H12O4/c1-8-13(16)6-5-10-12-7-9(18-2)3-4-11(12)15(17)19-14(8)10/h3-7,16H,1-2H3. The molecule has 0 radical (unpaired) electrons. The Hall–Kier alpha value is -2.49. The Kier molecular flexibility index (Phi) is 2.45. The first-order chi connectivity index (χ1) is 9.11. The summed E-state index contributed by atoms with van der Waals surface area (Å²) in [4.78, 5) is 12.0. The average Bonchev–Trinajstić information content (AvgIpc) is 2.43. The molecule has 1 aromatic heterocycles. The number of fused-ring (bicyclic) bond motifs is 3. The van der Waals surface area contributed by atoms with Gasteiger partial charge in [-0.1, -0.05) is 0 Å². The molecule has 0 fully saturated rings. The van der Waals surface area contributed by atoms with E-state index in [4.69, 9.17) is 9.15 Å². The van der Waals surface area contributed by atoms with Gasteiger partial charge in [0.2, 0.25) is 0 Å². The maximum Gasteiger partial charge on any atom is 0.344 e. The number of phenols is 1. The molecule has 2 aromatic carbocycles. The average molecular weight is 256 g/mol. The van der Waals surface area contributed by atoms with Crippen LogP contribution in [0.1, 0.15) is 5.56 Å². The van der Waals surface area contributed by atoms with Crippen LogP contribution in [0.15, 0.2) is 39.5 Å². The van der Waals surface area contributed by atoms with E-state index in [-0.39, 0.29) is 5.75 Å². The number of aryl methyl sites for hydroxylation is 1. The van der Waals surface area contributed by atoms with Gasteiger partial charge in [0.05, 0.1) is 12.5 Å². The third-order valence-corrected chi connectivity index (χ3v) is 3.31. The third-order valence-electron chi connectivity index (χ3n) is 3.31. The maximum absolute atomic E-state index is 12.0. The van der Waals surface area contributed by atoms with Crippen molar-refractivity contribution in [3.05, 3.63) is 46.3 Å². The lowest BCUT2D eigenvalue weighted by molar-refractivity contribution is 0.415. The Balaban J connectivity index is 2.58. The molecule has 0 saturated carbocycles. The first-order valence-electron chi connectivity index (χ1n) is 5.85. The highest BCUT2D eigenvalue weighted by atomic mass is 16.5. The molecule has 0 amide bonds. The minimum absolute atomic E-state index is 0.109. The van der Waals surface area contributed by atoms with Crippen molar-refractivity contribution in [1.29, 1.82) is 0 Å². The Morgan fingerprint density at radius 2 is 1.84 bits per heavy atom. The molecule has 3 aromatic rings. The van der Waals surface area contributed by atoms with E-state index >= 15 is 0 Å². The Labute approximate surface area is 108 Å². The normalized spacial score (nSPS) is 11.1. The maximum atomic E-state index is 12.0. The van der Waals surface area contributed by atoms with Gasteiger partial charge in [-0.15, -0.1) is 0 Å². The van der Waals surface area contributed by atoms with Crippen LogP contribution in [0.25, 0.3) is 21.7 Å². The highest BCUT2D eigenvalue weighted by molar-refractivity contribution is 6.06. The summed E-state index contributed by atoms with van der Waals surface area (Å²) in [6.45, 7) is 1.71. The summed E-state index contributed by atoms with van der Waals surface area (Å²) in [5.74, 6) is 0.781. The first kappa shape index (κ1) is 11.6. The Bertz CT molecular complexity index is 846. The molecule has 1 heterocycles. The number of rotatable bonds is 1. The number of ether oxygens (including phenoxy) is 1. The summed E-state index contributed by atoms with van der Waals surface area (Å²) < 4.78 is 10.5. The van der Waals surface area contributed by atoms with Gasteiger partial charge in [0.15, 0.2) is 0 Å². The first-order valence-corrected chi connectivity index (χ1v) is 5.85. The monoisotopic (exact) mass is 256 g/mol. The molecule has 96 valence electrons. The fraction of sp³-hybridized carbons (Fsp3) is 0.133.